The van der Waals surface area contributed by atoms with E-state index >= 15 is 0 Å². The van der Waals surface area contributed by atoms with Crippen LogP contribution in [0.2, 0.25) is 0 Å². The zero-order valence-corrected chi connectivity index (χ0v) is 10.2. The van der Waals surface area contributed by atoms with Gasteiger partial charge in [-0.25, -0.2) is 0 Å². The van der Waals surface area contributed by atoms with E-state index in [9.17, 15) is 0 Å². The van der Waals surface area contributed by atoms with Crippen molar-refractivity contribution in [1.29, 1.82) is 0 Å². The number of hydrogen-bond acceptors (Lipinski definition) is 4. The number of aromatic nitrogens is 2. The lowest BCUT2D eigenvalue weighted by Crippen LogP contribution is -1.78. The number of halogens is 1. The van der Waals surface area contributed by atoms with Crippen LogP contribution in [0.1, 0.15) is 0 Å². The highest BCUT2D eigenvalue weighted by Crippen LogP contribution is 2.29. The van der Waals surface area contributed by atoms with Gasteiger partial charge in [0.15, 0.2) is 5.76 Å². The molecular formula is C12H7BrN2O2. The Labute approximate surface area is 105 Å². The zero-order chi connectivity index (χ0) is 11.7. The average molecular weight is 291 g/mol. The number of nitrogens with zero attached hydrogens (tertiary/aromatic N) is 2. The highest BCUT2D eigenvalue weighted by atomic mass is 79.9. The Hall–Kier alpha value is -1.88. The van der Waals surface area contributed by atoms with Gasteiger partial charge in [0.25, 0.3) is 5.89 Å². The molecule has 0 saturated heterocycles. The molecule has 1 aromatic carbocycles. The molecule has 0 aliphatic carbocycles. The van der Waals surface area contributed by atoms with Gasteiger partial charge in [-0.1, -0.05) is 12.1 Å². The molecule has 0 atom stereocenters. The van der Waals surface area contributed by atoms with Crippen LogP contribution in [-0.2, 0) is 0 Å². The van der Waals surface area contributed by atoms with Gasteiger partial charge in [0.2, 0.25) is 5.89 Å². The summed E-state index contributed by atoms with van der Waals surface area (Å²) in [6, 6.07) is 11.2. The van der Waals surface area contributed by atoms with Gasteiger partial charge in [0.1, 0.15) is 0 Å². The van der Waals surface area contributed by atoms with Crippen molar-refractivity contribution in [3.63, 3.8) is 0 Å². The minimum Gasteiger partial charge on any atom is -0.459 e. The van der Waals surface area contributed by atoms with Crippen LogP contribution in [0, 0.1) is 0 Å². The number of rotatable bonds is 2. The van der Waals surface area contributed by atoms with Crippen molar-refractivity contribution in [1.82, 2.24) is 10.2 Å². The van der Waals surface area contributed by atoms with Crippen molar-refractivity contribution in [2.75, 3.05) is 0 Å². The summed E-state index contributed by atoms with van der Waals surface area (Å²) in [7, 11) is 0. The minimum absolute atomic E-state index is 0.376. The Morgan fingerprint density at radius 1 is 0.941 bits per heavy atom. The molecule has 84 valence electrons. The molecule has 17 heavy (non-hydrogen) atoms. The van der Waals surface area contributed by atoms with E-state index in [1.165, 1.54) is 0 Å². The summed E-state index contributed by atoms with van der Waals surface area (Å²) in [4.78, 5) is 0. The maximum Gasteiger partial charge on any atom is 0.283 e. The molecule has 2 aromatic heterocycles. The molecule has 0 amide bonds. The summed E-state index contributed by atoms with van der Waals surface area (Å²) in [5, 5.41) is 7.94. The predicted octanol–water partition coefficient (Wildman–Crippen LogP) is 3.76. The first-order valence-electron chi connectivity index (χ1n) is 4.97. The van der Waals surface area contributed by atoms with E-state index in [1.54, 1.807) is 18.4 Å². The molecule has 3 rings (SSSR count). The van der Waals surface area contributed by atoms with Crippen molar-refractivity contribution in [2.24, 2.45) is 0 Å². The summed E-state index contributed by atoms with van der Waals surface area (Å²) in [6.07, 6.45) is 1.57. The van der Waals surface area contributed by atoms with Crippen molar-refractivity contribution >= 4 is 15.9 Å². The zero-order valence-electron chi connectivity index (χ0n) is 8.63. The third-order valence-corrected chi connectivity index (χ3v) is 2.95. The standard InChI is InChI=1S/C12H7BrN2O2/c13-9-5-2-1-4-8(9)11-14-15-12(17-11)10-6-3-7-16-10/h1-7H. The van der Waals surface area contributed by atoms with E-state index in [-0.39, 0.29) is 0 Å². The fourth-order valence-corrected chi connectivity index (χ4v) is 1.92. The van der Waals surface area contributed by atoms with E-state index in [4.69, 9.17) is 8.83 Å². The van der Waals surface area contributed by atoms with E-state index in [0.717, 1.165) is 10.0 Å². The van der Waals surface area contributed by atoms with E-state index in [0.29, 0.717) is 17.5 Å². The average Bonchev–Trinajstić information content (AvgIpc) is 3.00. The highest BCUT2D eigenvalue weighted by molar-refractivity contribution is 9.10. The van der Waals surface area contributed by atoms with Gasteiger partial charge in [0.05, 0.1) is 11.8 Å². The molecule has 5 heteroatoms. The minimum atomic E-state index is 0.376. The maximum absolute atomic E-state index is 5.55. The molecule has 4 nitrogen and oxygen atoms in total. The topological polar surface area (TPSA) is 52.1 Å². The fraction of sp³-hybridized carbons (Fsp3) is 0. The summed E-state index contributed by atoms with van der Waals surface area (Å²) >= 11 is 3.44. The van der Waals surface area contributed by atoms with E-state index in [2.05, 4.69) is 26.1 Å². The third kappa shape index (κ3) is 1.89. The monoisotopic (exact) mass is 290 g/mol. The largest absolute Gasteiger partial charge is 0.459 e. The smallest absolute Gasteiger partial charge is 0.283 e. The van der Waals surface area contributed by atoms with Gasteiger partial charge in [-0.15, -0.1) is 10.2 Å². The van der Waals surface area contributed by atoms with Crippen LogP contribution in [0.25, 0.3) is 23.1 Å². The second-order valence-corrected chi connectivity index (χ2v) is 4.22. The molecule has 0 saturated carbocycles. The highest BCUT2D eigenvalue weighted by Gasteiger charge is 2.13. The molecule has 0 bridgehead atoms. The Bertz CT molecular complexity index is 632. The van der Waals surface area contributed by atoms with Gasteiger partial charge in [-0.3, -0.25) is 0 Å². The molecule has 0 aliphatic rings. The van der Waals surface area contributed by atoms with Crippen LogP contribution in [0.3, 0.4) is 0 Å². The Morgan fingerprint density at radius 2 is 1.76 bits per heavy atom. The van der Waals surface area contributed by atoms with Crippen LogP contribution in [0.15, 0.2) is 56.0 Å². The Balaban J connectivity index is 2.04. The van der Waals surface area contributed by atoms with E-state index in [1.807, 2.05) is 24.3 Å². The van der Waals surface area contributed by atoms with Crippen molar-refractivity contribution in [3.8, 4) is 23.1 Å². The van der Waals surface area contributed by atoms with Gasteiger partial charge in [-0.2, -0.15) is 0 Å². The lowest BCUT2D eigenvalue weighted by Gasteiger charge is -1.96. The van der Waals surface area contributed by atoms with Crippen molar-refractivity contribution in [3.05, 3.63) is 47.1 Å². The van der Waals surface area contributed by atoms with Crippen LogP contribution >= 0.6 is 15.9 Å². The molecule has 3 aromatic rings. The van der Waals surface area contributed by atoms with Crippen LogP contribution in [0.4, 0.5) is 0 Å². The summed E-state index contributed by atoms with van der Waals surface area (Å²) in [5.41, 5.74) is 0.859. The molecule has 0 aliphatic heterocycles. The molecule has 0 N–H and O–H groups in total. The van der Waals surface area contributed by atoms with Crippen LogP contribution in [0.5, 0.6) is 0 Å². The summed E-state index contributed by atoms with van der Waals surface area (Å²) in [5.74, 6) is 1.40. The SMILES string of the molecule is Brc1ccccc1-c1nnc(-c2ccco2)o1. The number of benzene rings is 1. The van der Waals surface area contributed by atoms with Crippen LogP contribution in [-0.4, -0.2) is 10.2 Å². The van der Waals surface area contributed by atoms with Crippen molar-refractivity contribution in [2.45, 2.75) is 0 Å². The first-order chi connectivity index (χ1) is 8.34. The molecule has 0 unspecified atom stereocenters. The number of furan rings is 1. The molecule has 0 fully saturated rings. The fourth-order valence-electron chi connectivity index (χ4n) is 1.47. The molecule has 0 radical (unpaired) electrons. The predicted molar refractivity (Wildman–Crippen MR) is 65.1 cm³/mol. The Morgan fingerprint density at radius 3 is 2.53 bits per heavy atom. The second kappa shape index (κ2) is 4.18. The Kier molecular flexibility index (Phi) is 2.53. The van der Waals surface area contributed by atoms with Crippen molar-refractivity contribution < 1.29 is 8.83 Å². The summed E-state index contributed by atoms with van der Waals surface area (Å²) < 4.78 is 11.7. The second-order valence-electron chi connectivity index (χ2n) is 3.37. The van der Waals surface area contributed by atoms with Gasteiger partial charge in [0, 0.05) is 4.47 Å². The quantitative estimate of drug-likeness (QED) is 0.721. The maximum atomic E-state index is 5.55. The lowest BCUT2D eigenvalue weighted by atomic mass is 10.2. The first kappa shape index (κ1) is 10.3. The van der Waals surface area contributed by atoms with E-state index < -0.39 is 0 Å². The lowest BCUT2D eigenvalue weighted by molar-refractivity contribution is 0.523. The molecular weight excluding hydrogens is 284 g/mol. The van der Waals surface area contributed by atoms with Crippen LogP contribution < -0.4 is 0 Å². The van der Waals surface area contributed by atoms with Gasteiger partial charge in [-0.05, 0) is 40.2 Å². The van der Waals surface area contributed by atoms with Gasteiger partial charge < -0.3 is 8.83 Å². The third-order valence-electron chi connectivity index (χ3n) is 2.26. The summed E-state index contributed by atoms with van der Waals surface area (Å²) in [6.45, 7) is 0. The first-order valence-corrected chi connectivity index (χ1v) is 5.76. The molecule has 2 heterocycles. The van der Waals surface area contributed by atoms with Gasteiger partial charge >= 0.3 is 0 Å². The number of hydrogen-bond donors (Lipinski definition) is 0. The molecule has 0 spiro atoms. The normalized spacial score (nSPS) is 10.6.